The van der Waals surface area contributed by atoms with E-state index in [4.69, 9.17) is 49.4 Å². The third-order valence-corrected chi connectivity index (χ3v) is 5.07. The molecular formula is C21H27Cl3N4O3. The van der Waals surface area contributed by atoms with Crippen molar-refractivity contribution in [2.45, 2.75) is 36.5 Å². The fourth-order valence-corrected chi connectivity index (χ4v) is 3.29. The second-order valence-corrected chi connectivity index (χ2v) is 11.0. The van der Waals surface area contributed by atoms with Gasteiger partial charge in [0.15, 0.2) is 0 Å². The number of carbonyl (C=O) groups excluding carboxylic acids is 1. The predicted molar refractivity (Wildman–Crippen MR) is 124 cm³/mol. The first-order chi connectivity index (χ1) is 14.5. The predicted octanol–water partition coefficient (Wildman–Crippen LogP) is 4.92. The molecule has 2 heterocycles. The molecule has 1 aliphatic heterocycles. The van der Waals surface area contributed by atoms with Gasteiger partial charge in [0, 0.05) is 31.1 Å². The highest BCUT2D eigenvalue weighted by Gasteiger charge is 2.25. The molecule has 1 aromatic carbocycles. The van der Waals surface area contributed by atoms with Gasteiger partial charge in [0.25, 0.3) is 0 Å². The van der Waals surface area contributed by atoms with Crippen LogP contribution in [0.1, 0.15) is 32.0 Å². The molecule has 1 amide bonds. The Morgan fingerprint density at radius 1 is 1.19 bits per heavy atom. The summed E-state index contributed by atoms with van der Waals surface area (Å²) in [7, 11) is 0. The molecule has 0 aliphatic carbocycles. The molecule has 0 unspecified atom stereocenters. The normalized spacial score (nSPS) is 15.7. The summed E-state index contributed by atoms with van der Waals surface area (Å²) in [5.74, 6) is 0.475. The number of halogens is 3. The zero-order valence-electron chi connectivity index (χ0n) is 17.8. The standard InChI is InChI=1S/C21H27Cl3N4O3/c1-20(2,3)17-12-18(25-19(29)31-14-21(22,23)24)28(26-17)16-6-4-5-15(11-16)13-27-7-9-30-10-8-27/h4-6,11-12H,7-10,13-14H2,1-3H3,(H,25,29). The number of nitrogens with zero attached hydrogens (tertiary/aromatic N) is 3. The number of nitrogens with one attached hydrogen (secondary N) is 1. The summed E-state index contributed by atoms with van der Waals surface area (Å²) >= 11 is 17.0. The van der Waals surface area contributed by atoms with E-state index in [1.165, 1.54) is 0 Å². The lowest BCUT2D eigenvalue weighted by Crippen LogP contribution is -2.35. The lowest BCUT2D eigenvalue weighted by atomic mass is 9.92. The zero-order chi connectivity index (χ0) is 22.6. The molecule has 1 N–H and O–H groups in total. The molecule has 0 bridgehead atoms. The number of rotatable bonds is 5. The Bertz CT molecular complexity index is 900. The smallest absolute Gasteiger partial charge is 0.412 e. The van der Waals surface area contributed by atoms with Crippen molar-refractivity contribution in [2.75, 3.05) is 38.2 Å². The lowest BCUT2D eigenvalue weighted by Gasteiger charge is -2.26. The fraction of sp³-hybridized carbons (Fsp3) is 0.524. The summed E-state index contributed by atoms with van der Waals surface area (Å²) in [5, 5.41) is 7.45. The third kappa shape index (κ3) is 7.26. The van der Waals surface area contributed by atoms with E-state index in [9.17, 15) is 4.79 Å². The molecule has 1 fully saturated rings. The molecule has 3 rings (SSSR count). The van der Waals surface area contributed by atoms with E-state index in [0.29, 0.717) is 5.82 Å². The van der Waals surface area contributed by atoms with Crippen LogP contribution in [0.15, 0.2) is 30.3 Å². The van der Waals surface area contributed by atoms with Gasteiger partial charge in [0.2, 0.25) is 3.79 Å². The molecule has 0 saturated carbocycles. The van der Waals surface area contributed by atoms with Crippen molar-refractivity contribution < 1.29 is 14.3 Å². The molecule has 1 saturated heterocycles. The van der Waals surface area contributed by atoms with Crippen molar-refractivity contribution in [2.24, 2.45) is 0 Å². The van der Waals surface area contributed by atoms with Gasteiger partial charge < -0.3 is 9.47 Å². The number of aromatic nitrogens is 2. The van der Waals surface area contributed by atoms with E-state index in [2.05, 4.69) is 43.1 Å². The van der Waals surface area contributed by atoms with Crippen LogP contribution in [-0.2, 0) is 21.4 Å². The van der Waals surface area contributed by atoms with Gasteiger partial charge in [-0.25, -0.2) is 9.48 Å². The van der Waals surface area contributed by atoms with Crippen LogP contribution in [-0.4, -0.2) is 57.5 Å². The van der Waals surface area contributed by atoms with E-state index >= 15 is 0 Å². The van der Waals surface area contributed by atoms with Crippen molar-refractivity contribution in [3.05, 3.63) is 41.6 Å². The summed E-state index contributed by atoms with van der Waals surface area (Å²) in [4.78, 5) is 14.6. The van der Waals surface area contributed by atoms with Crippen LogP contribution >= 0.6 is 34.8 Å². The molecule has 0 radical (unpaired) electrons. The van der Waals surface area contributed by atoms with Gasteiger partial charge in [0.05, 0.1) is 24.6 Å². The van der Waals surface area contributed by atoms with Crippen LogP contribution in [0, 0.1) is 0 Å². The summed E-state index contributed by atoms with van der Waals surface area (Å²) in [5.41, 5.74) is 2.59. The van der Waals surface area contributed by atoms with Crippen molar-refractivity contribution in [1.82, 2.24) is 14.7 Å². The Morgan fingerprint density at radius 2 is 1.90 bits per heavy atom. The Hall–Kier alpha value is -1.51. The Morgan fingerprint density at radius 3 is 2.55 bits per heavy atom. The van der Waals surface area contributed by atoms with Gasteiger partial charge in [0.1, 0.15) is 12.4 Å². The average Bonchev–Trinajstić information content (AvgIpc) is 3.11. The monoisotopic (exact) mass is 488 g/mol. The van der Waals surface area contributed by atoms with E-state index in [0.717, 1.165) is 49.8 Å². The average molecular weight is 490 g/mol. The molecule has 0 spiro atoms. The second-order valence-electron chi connectivity index (χ2n) is 8.45. The van der Waals surface area contributed by atoms with E-state index in [1.54, 1.807) is 4.68 Å². The topological polar surface area (TPSA) is 68.6 Å². The zero-order valence-corrected chi connectivity index (χ0v) is 20.1. The number of carbonyl (C=O) groups is 1. The number of hydrogen-bond acceptors (Lipinski definition) is 5. The second kappa shape index (κ2) is 9.96. The number of anilines is 1. The van der Waals surface area contributed by atoms with E-state index < -0.39 is 9.89 Å². The van der Waals surface area contributed by atoms with Gasteiger partial charge >= 0.3 is 6.09 Å². The highest BCUT2D eigenvalue weighted by Crippen LogP contribution is 2.28. The number of morpholine rings is 1. The first-order valence-electron chi connectivity index (χ1n) is 10.0. The number of hydrogen-bond donors (Lipinski definition) is 1. The molecule has 170 valence electrons. The molecule has 1 aromatic heterocycles. The number of ether oxygens (including phenoxy) is 2. The van der Waals surface area contributed by atoms with Crippen LogP contribution < -0.4 is 5.32 Å². The van der Waals surface area contributed by atoms with Crippen molar-refractivity contribution in [3.8, 4) is 5.69 Å². The molecule has 7 nitrogen and oxygen atoms in total. The maximum Gasteiger partial charge on any atom is 0.412 e. The van der Waals surface area contributed by atoms with Crippen molar-refractivity contribution >= 4 is 46.7 Å². The lowest BCUT2D eigenvalue weighted by molar-refractivity contribution is 0.0342. The summed E-state index contributed by atoms with van der Waals surface area (Å²) in [6.07, 6.45) is -0.725. The quantitative estimate of drug-likeness (QED) is 0.604. The first-order valence-corrected chi connectivity index (χ1v) is 11.2. The Balaban J connectivity index is 1.84. The molecule has 2 aromatic rings. The van der Waals surface area contributed by atoms with Crippen LogP contribution in [0.4, 0.5) is 10.6 Å². The van der Waals surface area contributed by atoms with Crippen LogP contribution in [0.5, 0.6) is 0 Å². The minimum Gasteiger partial charge on any atom is -0.445 e. The minimum atomic E-state index is -1.68. The SMILES string of the molecule is CC(C)(C)c1cc(NC(=O)OCC(Cl)(Cl)Cl)n(-c2cccc(CN3CCOCC3)c2)n1. The fourth-order valence-electron chi connectivity index (χ4n) is 3.13. The summed E-state index contributed by atoms with van der Waals surface area (Å²) in [6.45, 7) is 9.93. The Labute approximate surface area is 197 Å². The first kappa shape index (κ1) is 24.1. The van der Waals surface area contributed by atoms with E-state index in [-0.39, 0.29) is 12.0 Å². The maximum absolute atomic E-state index is 12.3. The third-order valence-electron chi connectivity index (χ3n) is 4.74. The van der Waals surface area contributed by atoms with Gasteiger partial charge in [-0.1, -0.05) is 67.7 Å². The number of benzene rings is 1. The van der Waals surface area contributed by atoms with Crippen molar-refractivity contribution in [1.29, 1.82) is 0 Å². The molecular weight excluding hydrogens is 463 g/mol. The van der Waals surface area contributed by atoms with Crippen LogP contribution in [0.3, 0.4) is 0 Å². The molecule has 10 heteroatoms. The van der Waals surface area contributed by atoms with Gasteiger partial charge in [-0.3, -0.25) is 10.2 Å². The van der Waals surface area contributed by atoms with Gasteiger partial charge in [-0.2, -0.15) is 5.10 Å². The maximum atomic E-state index is 12.3. The van der Waals surface area contributed by atoms with Crippen LogP contribution in [0.25, 0.3) is 5.69 Å². The molecule has 0 atom stereocenters. The van der Waals surface area contributed by atoms with Gasteiger partial charge in [-0.15, -0.1) is 0 Å². The van der Waals surface area contributed by atoms with Gasteiger partial charge in [-0.05, 0) is 17.7 Å². The largest absolute Gasteiger partial charge is 0.445 e. The highest BCUT2D eigenvalue weighted by atomic mass is 35.6. The number of alkyl halides is 3. The van der Waals surface area contributed by atoms with Crippen LogP contribution in [0.2, 0.25) is 0 Å². The summed E-state index contributed by atoms with van der Waals surface area (Å²) < 4.78 is 10.5. The minimum absolute atomic E-state index is 0.214. The molecule has 1 aliphatic rings. The number of amides is 1. The summed E-state index contributed by atoms with van der Waals surface area (Å²) in [6, 6.07) is 9.89. The Kier molecular flexibility index (Phi) is 7.76. The molecule has 31 heavy (non-hydrogen) atoms. The highest BCUT2D eigenvalue weighted by molar-refractivity contribution is 6.67. The van der Waals surface area contributed by atoms with E-state index in [1.807, 2.05) is 18.2 Å². The van der Waals surface area contributed by atoms with Crippen molar-refractivity contribution in [3.63, 3.8) is 0 Å².